The van der Waals surface area contributed by atoms with E-state index in [9.17, 15) is 13.9 Å². The van der Waals surface area contributed by atoms with E-state index in [0.29, 0.717) is 10.2 Å². The third-order valence-electron chi connectivity index (χ3n) is 4.54. The lowest BCUT2D eigenvalue weighted by Crippen LogP contribution is -2.41. The Kier molecular flexibility index (Phi) is 5.84. The van der Waals surface area contributed by atoms with Crippen LogP contribution in [-0.4, -0.2) is 39.5 Å². The van der Waals surface area contributed by atoms with E-state index in [1.807, 2.05) is 6.07 Å². The maximum atomic E-state index is 14.6. The third-order valence-corrected chi connectivity index (χ3v) is 6.60. The van der Waals surface area contributed by atoms with E-state index in [2.05, 4.69) is 24.4 Å². The average Bonchev–Trinajstić information content (AvgIpc) is 3.40. The molecule has 0 aliphatic heterocycles. The molecule has 1 aromatic carbocycles. The van der Waals surface area contributed by atoms with E-state index in [-0.39, 0.29) is 12.1 Å². The number of hydrogen-bond acceptors (Lipinski definition) is 8. The van der Waals surface area contributed by atoms with Crippen LogP contribution in [0.15, 0.2) is 59.7 Å². The van der Waals surface area contributed by atoms with Gasteiger partial charge in [-0.3, -0.25) is 4.98 Å². The molecule has 30 heavy (non-hydrogen) atoms. The number of pyridine rings is 1. The molecule has 0 bridgehead atoms. The van der Waals surface area contributed by atoms with Crippen molar-refractivity contribution in [3.63, 3.8) is 0 Å². The first-order valence-corrected chi connectivity index (χ1v) is 10.5. The number of hydrogen-bond donors (Lipinski definition) is 1. The number of halogens is 2. The molecule has 7 nitrogen and oxygen atoms in total. The van der Waals surface area contributed by atoms with E-state index in [1.165, 1.54) is 46.7 Å². The van der Waals surface area contributed by atoms with E-state index in [4.69, 9.17) is 0 Å². The second-order valence-corrected chi connectivity index (χ2v) is 8.87. The first-order valence-electron chi connectivity index (χ1n) is 8.87. The quantitative estimate of drug-likeness (QED) is 0.434. The number of nitrogens with zero attached hydrogens (tertiary/aromatic N) is 6. The number of rotatable bonds is 7. The molecule has 0 spiro atoms. The van der Waals surface area contributed by atoms with Gasteiger partial charge >= 0.3 is 0 Å². The molecule has 3 heterocycles. The van der Waals surface area contributed by atoms with Crippen LogP contribution in [0.4, 0.5) is 8.78 Å². The van der Waals surface area contributed by atoms with Crippen molar-refractivity contribution in [2.75, 3.05) is 0 Å². The molecular formula is C19H16F2N6OS2. The fourth-order valence-electron chi connectivity index (χ4n) is 2.95. The summed E-state index contributed by atoms with van der Waals surface area (Å²) in [7, 11) is 0. The molecular weight excluding hydrogens is 430 g/mol. The fourth-order valence-corrected chi connectivity index (χ4v) is 4.95. The van der Waals surface area contributed by atoms with Gasteiger partial charge in [-0.25, -0.2) is 23.4 Å². The molecule has 0 aliphatic rings. The maximum absolute atomic E-state index is 14.6. The first kappa shape index (κ1) is 20.5. The molecule has 1 N–H and O–H groups in total. The van der Waals surface area contributed by atoms with Gasteiger partial charge in [-0.2, -0.15) is 9.47 Å². The topological polar surface area (TPSA) is 89.6 Å². The first-order chi connectivity index (χ1) is 14.5. The Morgan fingerprint density at radius 2 is 2.13 bits per heavy atom. The normalized spacial score (nSPS) is 14.4. The molecule has 3 aromatic heterocycles. The minimum absolute atomic E-state index is 0.0311. The molecule has 4 rings (SSSR count). The number of aromatic nitrogens is 6. The van der Waals surface area contributed by atoms with E-state index in [0.717, 1.165) is 17.7 Å². The fraction of sp³-hybridized carbons (Fsp3) is 0.211. The molecule has 154 valence electrons. The van der Waals surface area contributed by atoms with Crippen molar-refractivity contribution in [3.8, 4) is 11.4 Å². The van der Waals surface area contributed by atoms with Crippen molar-refractivity contribution in [2.45, 2.75) is 28.7 Å². The standard InChI is InChI=1S/C19H16F2N6OS2/c1-12(29-18-25-17(26-30-18)13-3-2-6-22-8-13)19(28,9-27-11-23-10-24-27)15-5-4-14(20)7-16(15)21/h2-8,10-12,28H,9H2,1H3/t12-,19?/m1/s1. The van der Waals surface area contributed by atoms with Gasteiger partial charge in [0.2, 0.25) is 0 Å². The SMILES string of the molecule is C[C@@H](Sc1nc(-c2cccnc2)ns1)C(O)(Cn1cncn1)c1ccc(F)cc1F. The maximum Gasteiger partial charge on any atom is 0.175 e. The largest absolute Gasteiger partial charge is 0.382 e. The summed E-state index contributed by atoms with van der Waals surface area (Å²) in [6, 6.07) is 6.76. The van der Waals surface area contributed by atoms with Gasteiger partial charge in [0, 0.05) is 34.8 Å². The lowest BCUT2D eigenvalue weighted by Gasteiger charge is -2.33. The molecule has 0 amide bonds. The number of aliphatic hydroxyl groups is 1. The zero-order valence-electron chi connectivity index (χ0n) is 15.7. The highest BCUT2D eigenvalue weighted by Gasteiger charge is 2.40. The highest BCUT2D eigenvalue weighted by Crippen LogP contribution is 2.40. The summed E-state index contributed by atoms with van der Waals surface area (Å²) in [5.41, 5.74) is -0.969. The van der Waals surface area contributed by atoms with Crippen LogP contribution in [0.2, 0.25) is 0 Å². The van der Waals surface area contributed by atoms with Crippen molar-refractivity contribution >= 4 is 23.3 Å². The average molecular weight is 447 g/mol. The molecule has 0 aliphatic carbocycles. The predicted octanol–water partition coefficient (Wildman–Crippen LogP) is 3.54. The molecule has 0 saturated carbocycles. The highest BCUT2D eigenvalue weighted by atomic mass is 32.2. The highest BCUT2D eigenvalue weighted by molar-refractivity contribution is 8.01. The summed E-state index contributed by atoms with van der Waals surface area (Å²) >= 11 is 2.42. The van der Waals surface area contributed by atoms with Crippen LogP contribution < -0.4 is 0 Å². The predicted molar refractivity (Wildman–Crippen MR) is 109 cm³/mol. The Hall–Kier alpha value is -2.76. The summed E-state index contributed by atoms with van der Waals surface area (Å²) in [5, 5.41) is 15.0. The lowest BCUT2D eigenvalue weighted by atomic mass is 9.90. The number of benzene rings is 1. The summed E-state index contributed by atoms with van der Waals surface area (Å²) in [4.78, 5) is 12.4. The van der Waals surface area contributed by atoms with Gasteiger partial charge in [0.1, 0.15) is 29.9 Å². The van der Waals surface area contributed by atoms with Crippen LogP contribution in [0.3, 0.4) is 0 Å². The Morgan fingerprint density at radius 1 is 1.27 bits per heavy atom. The van der Waals surface area contributed by atoms with Crippen molar-refractivity contribution in [1.29, 1.82) is 0 Å². The second kappa shape index (κ2) is 8.54. The van der Waals surface area contributed by atoms with Gasteiger partial charge in [0.05, 0.1) is 6.54 Å². The van der Waals surface area contributed by atoms with Crippen LogP contribution in [0.5, 0.6) is 0 Å². The lowest BCUT2D eigenvalue weighted by molar-refractivity contribution is 0.0133. The second-order valence-electron chi connectivity index (χ2n) is 6.53. The van der Waals surface area contributed by atoms with Gasteiger partial charge in [-0.05, 0) is 36.7 Å². The van der Waals surface area contributed by atoms with Crippen molar-refractivity contribution in [3.05, 3.63) is 72.6 Å². The minimum atomic E-state index is -1.71. The van der Waals surface area contributed by atoms with Gasteiger partial charge in [0.25, 0.3) is 0 Å². The third kappa shape index (κ3) is 4.23. The van der Waals surface area contributed by atoms with Crippen LogP contribution in [0, 0.1) is 11.6 Å². The van der Waals surface area contributed by atoms with Crippen LogP contribution >= 0.6 is 23.3 Å². The van der Waals surface area contributed by atoms with Gasteiger partial charge in [0.15, 0.2) is 10.2 Å². The molecule has 2 atom stereocenters. The van der Waals surface area contributed by atoms with Crippen molar-refractivity contribution in [2.24, 2.45) is 0 Å². The molecule has 4 aromatic rings. The van der Waals surface area contributed by atoms with Gasteiger partial charge in [-0.15, -0.1) is 0 Å². The van der Waals surface area contributed by atoms with Crippen molar-refractivity contribution < 1.29 is 13.9 Å². The van der Waals surface area contributed by atoms with Crippen LogP contribution in [0.1, 0.15) is 12.5 Å². The molecule has 0 saturated heterocycles. The summed E-state index contributed by atoms with van der Waals surface area (Å²) in [6.07, 6.45) is 6.07. The molecule has 11 heteroatoms. The smallest absolute Gasteiger partial charge is 0.175 e. The Labute approximate surface area is 179 Å². The van der Waals surface area contributed by atoms with Crippen molar-refractivity contribution in [1.82, 2.24) is 29.1 Å². The monoisotopic (exact) mass is 446 g/mol. The van der Waals surface area contributed by atoms with Crippen LogP contribution in [0.25, 0.3) is 11.4 Å². The van der Waals surface area contributed by atoms with Crippen LogP contribution in [-0.2, 0) is 12.1 Å². The van der Waals surface area contributed by atoms with E-state index < -0.39 is 22.5 Å². The summed E-state index contributed by atoms with van der Waals surface area (Å²) in [6.45, 7) is 1.67. The summed E-state index contributed by atoms with van der Waals surface area (Å²) < 4.78 is 34.4. The van der Waals surface area contributed by atoms with Gasteiger partial charge < -0.3 is 5.11 Å². The zero-order valence-corrected chi connectivity index (χ0v) is 17.3. The van der Waals surface area contributed by atoms with E-state index >= 15 is 0 Å². The minimum Gasteiger partial charge on any atom is -0.382 e. The Morgan fingerprint density at radius 3 is 2.83 bits per heavy atom. The van der Waals surface area contributed by atoms with Gasteiger partial charge in [-0.1, -0.05) is 17.8 Å². The summed E-state index contributed by atoms with van der Waals surface area (Å²) in [5.74, 6) is -1.03. The molecule has 0 fully saturated rings. The Balaban J connectivity index is 1.64. The number of thioether (sulfide) groups is 1. The molecule has 1 unspecified atom stereocenters. The zero-order chi connectivity index (χ0) is 21.1. The van der Waals surface area contributed by atoms with E-state index in [1.54, 1.807) is 25.4 Å². The molecule has 0 radical (unpaired) electrons. The Bertz CT molecular complexity index is 1130.